The zero-order valence-corrected chi connectivity index (χ0v) is 18.0. The first kappa shape index (κ1) is 21.4. The van der Waals surface area contributed by atoms with Gasteiger partial charge in [0.05, 0.1) is 23.3 Å². The summed E-state index contributed by atoms with van der Waals surface area (Å²) in [4.78, 5) is 41.8. The highest BCUT2D eigenvalue weighted by molar-refractivity contribution is 8.00. The summed E-state index contributed by atoms with van der Waals surface area (Å²) in [6, 6.07) is 7.30. The Morgan fingerprint density at radius 1 is 1.28 bits per heavy atom. The number of hydrogen-bond donors (Lipinski definition) is 1. The Balaban J connectivity index is 2.04. The van der Waals surface area contributed by atoms with E-state index >= 15 is 0 Å². The van der Waals surface area contributed by atoms with Gasteiger partial charge in [0.25, 0.3) is 5.56 Å². The van der Waals surface area contributed by atoms with Gasteiger partial charge >= 0.3 is 6.09 Å². The lowest BCUT2D eigenvalue weighted by atomic mass is 9.78. The standard InChI is InChI=1S/C21H27N3O4S/c1-12-8-7-11-17(13(12)2)24-19(26)15-9-5-6-10-16(15)22-20(24)29-14(3)18(25)23-21(27)28-4/h5-6,9-10,12-14,17H,7-8,11H2,1-4H3,(H,23,25,27)/t12-,13+,14-,17-/m0/s1. The van der Waals surface area contributed by atoms with E-state index in [-0.39, 0.29) is 11.6 Å². The second-order valence-corrected chi connectivity index (χ2v) is 8.97. The van der Waals surface area contributed by atoms with Crippen molar-refractivity contribution in [2.45, 2.75) is 56.5 Å². The molecule has 1 aliphatic rings. The Labute approximate surface area is 174 Å². The zero-order chi connectivity index (χ0) is 21.1. The van der Waals surface area contributed by atoms with Crippen LogP contribution in [0.3, 0.4) is 0 Å². The topological polar surface area (TPSA) is 90.3 Å². The maximum absolute atomic E-state index is 13.4. The maximum Gasteiger partial charge on any atom is 0.413 e. The van der Waals surface area contributed by atoms with Crippen LogP contribution in [-0.4, -0.2) is 33.9 Å². The van der Waals surface area contributed by atoms with E-state index in [1.54, 1.807) is 23.6 Å². The van der Waals surface area contributed by atoms with Crippen molar-refractivity contribution in [3.05, 3.63) is 34.6 Å². The number of ether oxygens (including phenoxy) is 1. The van der Waals surface area contributed by atoms with Gasteiger partial charge in [-0.1, -0.05) is 50.6 Å². The summed E-state index contributed by atoms with van der Waals surface area (Å²) in [7, 11) is 1.20. The van der Waals surface area contributed by atoms with E-state index in [1.807, 2.05) is 12.1 Å². The number of para-hydroxylation sites is 1. The predicted octanol–water partition coefficient (Wildman–Crippen LogP) is 3.76. The summed E-state index contributed by atoms with van der Waals surface area (Å²) in [5, 5.41) is 2.64. The van der Waals surface area contributed by atoms with Crippen LogP contribution in [0, 0.1) is 11.8 Å². The zero-order valence-electron chi connectivity index (χ0n) is 17.2. The number of thioether (sulfide) groups is 1. The van der Waals surface area contributed by atoms with E-state index < -0.39 is 17.3 Å². The van der Waals surface area contributed by atoms with E-state index in [2.05, 4.69) is 23.9 Å². The van der Waals surface area contributed by atoms with Crippen molar-refractivity contribution in [3.63, 3.8) is 0 Å². The Hall–Kier alpha value is -2.35. The summed E-state index contributed by atoms with van der Waals surface area (Å²) in [6.07, 6.45) is 2.30. The molecule has 3 rings (SSSR count). The fourth-order valence-corrected chi connectivity index (χ4v) is 4.85. The first-order valence-corrected chi connectivity index (χ1v) is 10.8. The van der Waals surface area contributed by atoms with Crippen LogP contribution in [0.4, 0.5) is 4.79 Å². The number of alkyl carbamates (subject to hydrolysis) is 1. The molecule has 2 amide bonds. The van der Waals surface area contributed by atoms with Crippen molar-refractivity contribution in [3.8, 4) is 0 Å². The van der Waals surface area contributed by atoms with Crippen molar-refractivity contribution < 1.29 is 14.3 Å². The highest BCUT2D eigenvalue weighted by Gasteiger charge is 2.32. The molecule has 0 unspecified atom stereocenters. The number of carbonyl (C=O) groups is 2. The molecule has 0 spiro atoms. The molecule has 2 aromatic rings. The second kappa shape index (κ2) is 8.98. The number of amides is 2. The number of hydrogen-bond acceptors (Lipinski definition) is 6. The van der Waals surface area contributed by atoms with Crippen molar-refractivity contribution in [2.75, 3.05) is 7.11 Å². The summed E-state index contributed by atoms with van der Waals surface area (Å²) in [6.45, 7) is 6.08. The van der Waals surface area contributed by atoms with Gasteiger partial charge in [0.15, 0.2) is 5.16 Å². The number of rotatable bonds is 4. The minimum absolute atomic E-state index is 0.0294. The number of imide groups is 1. The third-order valence-electron chi connectivity index (χ3n) is 5.83. The molecule has 0 radical (unpaired) electrons. The maximum atomic E-state index is 13.4. The Morgan fingerprint density at radius 2 is 2.00 bits per heavy atom. The van der Waals surface area contributed by atoms with Crippen molar-refractivity contribution in [2.24, 2.45) is 11.8 Å². The molecule has 0 bridgehead atoms. The Bertz CT molecular complexity index is 974. The van der Waals surface area contributed by atoms with Gasteiger partial charge in [-0.2, -0.15) is 0 Å². The number of carbonyl (C=O) groups excluding carboxylic acids is 2. The van der Waals surface area contributed by atoms with E-state index in [4.69, 9.17) is 4.98 Å². The molecule has 1 N–H and O–H groups in total. The lowest BCUT2D eigenvalue weighted by Crippen LogP contribution is -2.38. The minimum atomic E-state index is -0.805. The summed E-state index contributed by atoms with van der Waals surface area (Å²) >= 11 is 1.19. The Morgan fingerprint density at radius 3 is 2.72 bits per heavy atom. The van der Waals surface area contributed by atoms with Gasteiger partial charge in [-0.05, 0) is 37.3 Å². The van der Waals surface area contributed by atoms with Gasteiger partial charge in [-0.15, -0.1) is 0 Å². The van der Waals surface area contributed by atoms with Crippen LogP contribution < -0.4 is 10.9 Å². The van der Waals surface area contributed by atoms with Crippen LogP contribution in [0.25, 0.3) is 10.9 Å². The van der Waals surface area contributed by atoms with Gasteiger partial charge in [-0.3, -0.25) is 19.5 Å². The van der Waals surface area contributed by atoms with Crippen LogP contribution in [0.2, 0.25) is 0 Å². The highest BCUT2D eigenvalue weighted by atomic mass is 32.2. The van der Waals surface area contributed by atoms with Gasteiger partial charge in [0.2, 0.25) is 5.91 Å². The van der Waals surface area contributed by atoms with Crippen molar-refractivity contribution >= 4 is 34.7 Å². The van der Waals surface area contributed by atoms with Crippen molar-refractivity contribution in [1.29, 1.82) is 0 Å². The summed E-state index contributed by atoms with van der Waals surface area (Å²) in [5.74, 6) is 0.342. The largest absolute Gasteiger partial charge is 0.453 e. The fourth-order valence-electron chi connectivity index (χ4n) is 3.88. The van der Waals surface area contributed by atoms with E-state index in [1.165, 1.54) is 18.9 Å². The number of nitrogens with zero attached hydrogens (tertiary/aromatic N) is 2. The normalized spacial score (nSPS) is 22.8. The van der Waals surface area contributed by atoms with Gasteiger partial charge in [0.1, 0.15) is 0 Å². The third kappa shape index (κ3) is 4.47. The lowest BCUT2D eigenvalue weighted by molar-refractivity contribution is -0.119. The molecule has 1 aromatic carbocycles. The fraction of sp³-hybridized carbons (Fsp3) is 0.524. The number of methoxy groups -OCH3 is 1. The van der Waals surface area contributed by atoms with Crippen LogP contribution in [-0.2, 0) is 9.53 Å². The predicted molar refractivity (Wildman–Crippen MR) is 113 cm³/mol. The van der Waals surface area contributed by atoms with Gasteiger partial charge in [-0.25, -0.2) is 9.78 Å². The molecule has 4 atom stereocenters. The molecule has 7 nitrogen and oxygen atoms in total. The van der Waals surface area contributed by atoms with Crippen LogP contribution in [0.5, 0.6) is 0 Å². The molecule has 1 fully saturated rings. The van der Waals surface area contributed by atoms with Gasteiger partial charge < -0.3 is 4.74 Å². The average molecular weight is 418 g/mol. The average Bonchev–Trinajstić information content (AvgIpc) is 2.70. The van der Waals surface area contributed by atoms with Crippen LogP contribution in [0.15, 0.2) is 34.2 Å². The quantitative estimate of drug-likeness (QED) is 0.602. The van der Waals surface area contributed by atoms with Gasteiger partial charge in [0, 0.05) is 6.04 Å². The molecule has 8 heteroatoms. The molecule has 0 aliphatic heterocycles. The second-order valence-electron chi connectivity index (χ2n) is 7.66. The summed E-state index contributed by atoms with van der Waals surface area (Å²) < 4.78 is 6.26. The molecule has 1 aromatic heterocycles. The lowest BCUT2D eigenvalue weighted by Gasteiger charge is -2.36. The molecule has 1 saturated carbocycles. The van der Waals surface area contributed by atoms with E-state index in [0.29, 0.717) is 27.9 Å². The molecule has 1 aliphatic carbocycles. The molecule has 29 heavy (non-hydrogen) atoms. The first-order valence-electron chi connectivity index (χ1n) is 9.90. The smallest absolute Gasteiger partial charge is 0.413 e. The number of nitrogens with one attached hydrogen (secondary N) is 1. The number of benzene rings is 1. The highest BCUT2D eigenvalue weighted by Crippen LogP contribution is 2.39. The molecule has 156 valence electrons. The van der Waals surface area contributed by atoms with E-state index in [0.717, 1.165) is 19.3 Å². The minimum Gasteiger partial charge on any atom is -0.453 e. The molecular formula is C21H27N3O4S. The first-order chi connectivity index (χ1) is 13.8. The number of fused-ring (bicyclic) bond motifs is 1. The van der Waals surface area contributed by atoms with E-state index in [9.17, 15) is 14.4 Å². The molecule has 0 saturated heterocycles. The van der Waals surface area contributed by atoms with Crippen LogP contribution >= 0.6 is 11.8 Å². The van der Waals surface area contributed by atoms with Crippen molar-refractivity contribution in [1.82, 2.24) is 14.9 Å². The monoisotopic (exact) mass is 417 g/mol. The summed E-state index contributed by atoms with van der Waals surface area (Å²) in [5.41, 5.74) is 0.526. The number of aromatic nitrogens is 2. The van der Waals surface area contributed by atoms with Crippen LogP contribution in [0.1, 0.15) is 46.1 Å². The third-order valence-corrected chi connectivity index (χ3v) is 6.90. The molecular weight excluding hydrogens is 390 g/mol. The SMILES string of the molecule is COC(=O)NC(=O)[C@H](C)Sc1nc2ccccc2c(=O)n1[C@H]1CCC[C@H](C)[C@H]1C. The molecule has 1 heterocycles. The Kier molecular flexibility index (Phi) is 6.62.